The number of methoxy groups -OCH3 is 1. The Labute approximate surface area is 223 Å². The fourth-order valence-corrected chi connectivity index (χ4v) is 7.09. The maximum absolute atomic E-state index is 13.5. The van der Waals surface area contributed by atoms with Gasteiger partial charge in [0, 0.05) is 31.0 Å². The van der Waals surface area contributed by atoms with Crippen LogP contribution in [-0.4, -0.2) is 53.1 Å². The first-order valence-electron chi connectivity index (χ1n) is 12.2. The first-order chi connectivity index (χ1) is 18.0. The number of ether oxygens (including phenoxy) is 1. The van der Waals surface area contributed by atoms with E-state index in [1.54, 1.807) is 18.2 Å². The molecule has 3 unspecified atom stereocenters. The third kappa shape index (κ3) is 5.72. The highest BCUT2D eigenvalue weighted by molar-refractivity contribution is 7.90. The highest BCUT2D eigenvalue weighted by atomic mass is 32.2. The lowest BCUT2D eigenvalue weighted by Crippen LogP contribution is -2.36. The number of anilines is 2. The largest absolute Gasteiger partial charge is 0.495 e. The van der Waals surface area contributed by atoms with Gasteiger partial charge in [0.2, 0.25) is 0 Å². The Bertz CT molecular complexity index is 1520. The molecule has 5 rings (SSSR count). The second kappa shape index (κ2) is 10.3. The van der Waals surface area contributed by atoms with Crippen molar-refractivity contribution in [1.82, 2.24) is 5.32 Å². The molecular weight excluding hydrogens is 535 g/mol. The molecule has 1 saturated heterocycles. The molecule has 1 saturated carbocycles. The summed E-state index contributed by atoms with van der Waals surface area (Å²) in [5.74, 6) is 6.74. The van der Waals surface area contributed by atoms with Crippen molar-refractivity contribution in [3.8, 4) is 17.6 Å². The zero-order chi connectivity index (χ0) is 27.1. The summed E-state index contributed by atoms with van der Waals surface area (Å²) in [6.07, 6.45) is -2.17. The zero-order valence-electron chi connectivity index (χ0n) is 20.9. The van der Waals surface area contributed by atoms with Crippen molar-refractivity contribution in [2.45, 2.75) is 42.4 Å². The van der Waals surface area contributed by atoms with Gasteiger partial charge >= 0.3 is 6.18 Å². The Balaban J connectivity index is 1.40. The minimum Gasteiger partial charge on any atom is -0.495 e. The van der Waals surface area contributed by atoms with Crippen molar-refractivity contribution in [2.24, 2.45) is 5.92 Å². The predicted molar refractivity (Wildman–Crippen MR) is 145 cm³/mol. The van der Waals surface area contributed by atoms with Crippen LogP contribution in [0.3, 0.4) is 0 Å². The van der Waals surface area contributed by atoms with Crippen molar-refractivity contribution in [2.75, 3.05) is 37.1 Å². The Morgan fingerprint density at radius 3 is 2.66 bits per heavy atom. The Hall–Kier alpha value is -2.94. The van der Waals surface area contributed by atoms with Crippen LogP contribution in [0.25, 0.3) is 10.1 Å². The van der Waals surface area contributed by atoms with Gasteiger partial charge in [-0.15, -0.1) is 11.3 Å². The van der Waals surface area contributed by atoms with Crippen molar-refractivity contribution < 1.29 is 26.3 Å². The number of benzene rings is 2. The van der Waals surface area contributed by atoms with E-state index in [0.29, 0.717) is 39.7 Å². The highest BCUT2D eigenvalue weighted by Gasteiger charge is 2.39. The van der Waals surface area contributed by atoms with E-state index in [1.165, 1.54) is 30.6 Å². The van der Waals surface area contributed by atoms with Crippen LogP contribution in [0.15, 0.2) is 41.3 Å². The molecular formula is C27H28F3N3O3S2. The Morgan fingerprint density at radius 1 is 1.18 bits per heavy atom. The number of rotatable bonds is 7. The predicted octanol–water partition coefficient (Wildman–Crippen LogP) is 5.04. The average Bonchev–Trinajstić information content (AvgIpc) is 3.56. The summed E-state index contributed by atoms with van der Waals surface area (Å²) in [5, 5.41) is 10.7. The SMILES string of the molecule is COc1cc(S(C)(=O)=O)ccc1NCC#Cc1sc2c(NC3CC4CC3CN4)cccc2c1CC(F)(F)F. The standard InChI is InChI=1S/C27H28F3N3O3S2/c1-36-24-13-18(38(2,34)35)8-9-21(24)31-10-4-7-25-20(14-27(28,29)30)19-5-3-6-22(26(19)37-25)33-23-12-17-11-16(23)15-32-17/h3,5-6,8-9,13,16-17,23,31-33H,10-12,14-15H2,1-2H3. The Morgan fingerprint density at radius 2 is 2.00 bits per heavy atom. The molecule has 6 nitrogen and oxygen atoms in total. The van der Waals surface area contributed by atoms with Gasteiger partial charge in [-0.1, -0.05) is 24.0 Å². The van der Waals surface area contributed by atoms with Crippen LogP contribution in [-0.2, 0) is 16.3 Å². The monoisotopic (exact) mass is 563 g/mol. The number of sulfone groups is 1. The fraction of sp³-hybridized carbons (Fsp3) is 0.407. The molecule has 0 radical (unpaired) electrons. The summed E-state index contributed by atoms with van der Waals surface area (Å²) in [6, 6.07) is 10.7. The van der Waals surface area contributed by atoms with Crippen LogP contribution < -0.4 is 20.7 Å². The smallest absolute Gasteiger partial charge is 0.393 e. The molecule has 0 spiro atoms. The minimum atomic E-state index is -4.36. The van der Waals surface area contributed by atoms with Crippen LogP contribution >= 0.6 is 11.3 Å². The van der Waals surface area contributed by atoms with Gasteiger partial charge < -0.3 is 20.7 Å². The molecule has 11 heteroatoms. The second-order valence-corrected chi connectivity index (χ2v) is 12.8. The molecule has 3 aromatic rings. The number of fused-ring (bicyclic) bond motifs is 3. The molecule has 202 valence electrons. The van der Waals surface area contributed by atoms with Crippen molar-refractivity contribution >= 4 is 42.6 Å². The van der Waals surface area contributed by atoms with Crippen LogP contribution in [0.2, 0.25) is 0 Å². The summed E-state index contributed by atoms with van der Waals surface area (Å²) in [7, 11) is -1.97. The van der Waals surface area contributed by atoms with Gasteiger partial charge in [0.1, 0.15) is 5.75 Å². The molecule has 2 heterocycles. The molecule has 1 aromatic heterocycles. The normalized spacial score (nSPS) is 20.8. The van der Waals surface area contributed by atoms with E-state index in [-0.39, 0.29) is 17.0 Å². The molecule has 3 atom stereocenters. The molecule has 2 bridgehead atoms. The van der Waals surface area contributed by atoms with Gasteiger partial charge in [0.05, 0.1) is 45.9 Å². The molecule has 3 N–H and O–H groups in total. The first-order valence-corrected chi connectivity index (χ1v) is 14.9. The van der Waals surface area contributed by atoms with Crippen LogP contribution in [0.1, 0.15) is 23.3 Å². The number of halogens is 3. The zero-order valence-corrected chi connectivity index (χ0v) is 22.5. The minimum absolute atomic E-state index is 0.124. The third-order valence-corrected chi connectivity index (χ3v) is 9.38. The maximum Gasteiger partial charge on any atom is 0.393 e. The Kier molecular flexibility index (Phi) is 7.24. The first kappa shape index (κ1) is 26.7. The highest BCUT2D eigenvalue weighted by Crippen LogP contribution is 2.41. The van der Waals surface area contributed by atoms with E-state index in [0.717, 1.165) is 36.0 Å². The van der Waals surface area contributed by atoms with Gasteiger partial charge in [-0.25, -0.2) is 8.42 Å². The van der Waals surface area contributed by atoms with E-state index in [4.69, 9.17) is 4.74 Å². The number of alkyl halides is 3. The van der Waals surface area contributed by atoms with Crippen LogP contribution in [0, 0.1) is 17.8 Å². The molecule has 2 fully saturated rings. The number of nitrogens with one attached hydrogen (secondary N) is 3. The lowest BCUT2D eigenvalue weighted by Gasteiger charge is -2.24. The van der Waals surface area contributed by atoms with E-state index < -0.39 is 22.4 Å². The van der Waals surface area contributed by atoms with Gasteiger partial charge in [-0.3, -0.25) is 0 Å². The lowest BCUT2D eigenvalue weighted by atomic mass is 10.0. The number of hydrogen-bond acceptors (Lipinski definition) is 7. The summed E-state index contributed by atoms with van der Waals surface area (Å²) < 4.78 is 70.3. The fourth-order valence-electron chi connectivity index (χ4n) is 5.29. The van der Waals surface area contributed by atoms with Gasteiger partial charge in [-0.2, -0.15) is 13.2 Å². The van der Waals surface area contributed by atoms with E-state index in [2.05, 4.69) is 27.8 Å². The maximum atomic E-state index is 13.5. The molecule has 38 heavy (non-hydrogen) atoms. The molecule has 0 amide bonds. The van der Waals surface area contributed by atoms with Gasteiger partial charge in [0.25, 0.3) is 0 Å². The van der Waals surface area contributed by atoms with Crippen LogP contribution in [0.4, 0.5) is 24.5 Å². The van der Waals surface area contributed by atoms with Crippen molar-refractivity contribution in [3.05, 3.63) is 46.8 Å². The van der Waals surface area contributed by atoms with Gasteiger partial charge in [-0.05, 0) is 47.9 Å². The molecule has 1 aliphatic carbocycles. The van der Waals surface area contributed by atoms with E-state index >= 15 is 0 Å². The molecule has 2 aliphatic rings. The second-order valence-electron chi connectivity index (χ2n) is 9.76. The third-order valence-electron chi connectivity index (χ3n) is 7.07. The van der Waals surface area contributed by atoms with Gasteiger partial charge in [0.15, 0.2) is 9.84 Å². The summed E-state index contributed by atoms with van der Waals surface area (Å²) in [6.45, 7) is 1.10. The summed E-state index contributed by atoms with van der Waals surface area (Å²) >= 11 is 1.28. The summed E-state index contributed by atoms with van der Waals surface area (Å²) in [5.41, 5.74) is 1.58. The molecule has 1 aliphatic heterocycles. The van der Waals surface area contributed by atoms with Crippen molar-refractivity contribution in [3.63, 3.8) is 0 Å². The lowest BCUT2D eigenvalue weighted by molar-refractivity contribution is -0.126. The van der Waals surface area contributed by atoms with Crippen molar-refractivity contribution in [1.29, 1.82) is 0 Å². The average molecular weight is 564 g/mol. The number of hydrogen-bond donors (Lipinski definition) is 3. The van der Waals surface area contributed by atoms with Crippen LogP contribution in [0.5, 0.6) is 5.75 Å². The molecule has 2 aromatic carbocycles. The number of piperidine rings is 1. The topological polar surface area (TPSA) is 79.5 Å². The quantitative estimate of drug-likeness (QED) is 0.350. The number of thiophene rings is 1. The summed E-state index contributed by atoms with van der Waals surface area (Å²) in [4.78, 5) is 0.515. The van der Waals surface area contributed by atoms with E-state index in [1.807, 2.05) is 6.07 Å². The van der Waals surface area contributed by atoms with E-state index in [9.17, 15) is 21.6 Å².